The average Bonchev–Trinajstić information content (AvgIpc) is 2.33. The van der Waals surface area contributed by atoms with E-state index < -0.39 is 11.6 Å². The van der Waals surface area contributed by atoms with E-state index in [0.717, 1.165) is 12.1 Å². The molecule has 5 heteroatoms. The highest BCUT2D eigenvalue weighted by Crippen LogP contribution is 2.26. The molecular weight excluding hydrogens is 240 g/mol. The topological polar surface area (TPSA) is 29.5 Å². The number of anilines is 1. The van der Waals surface area contributed by atoms with Crippen molar-refractivity contribution in [3.63, 3.8) is 0 Å². The van der Waals surface area contributed by atoms with E-state index in [1.54, 1.807) is 11.8 Å². The van der Waals surface area contributed by atoms with Gasteiger partial charge in [0.1, 0.15) is 23.6 Å². The van der Waals surface area contributed by atoms with Crippen molar-refractivity contribution in [1.82, 2.24) is 0 Å². The van der Waals surface area contributed by atoms with Crippen molar-refractivity contribution in [3.8, 4) is 0 Å². The van der Waals surface area contributed by atoms with E-state index >= 15 is 0 Å². The number of likely N-dealkylation sites (N-methyl/N-ethyl adjacent to an activating group) is 1. The summed E-state index contributed by atoms with van der Waals surface area (Å²) >= 11 is 0. The molecule has 0 saturated carbocycles. The van der Waals surface area contributed by atoms with Gasteiger partial charge in [-0.2, -0.15) is 0 Å². The number of nitrogens with zero attached hydrogens (tertiary/aromatic N) is 1. The van der Waals surface area contributed by atoms with E-state index in [4.69, 9.17) is 4.74 Å². The van der Waals surface area contributed by atoms with Gasteiger partial charge >= 0.3 is 0 Å². The standard InChI is InChI=1S/C13H17F2NO2/c1-4-16(9(2)8-18-3)13-11(14)5-10(7-17)6-12(13)15/h5-7,9H,4,8H2,1-3H3. The lowest BCUT2D eigenvalue weighted by atomic mass is 10.1. The van der Waals surface area contributed by atoms with Crippen molar-refractivity contribution in [2.24, 2.45) is 0 Å². The van der Waals surface area contributed by atoms with Crippen molar-refractivity contribution in [1.29, 1.82) is 0 Å². The molecule has 0 bridgehead atoms. The molecule has 0 fully saturated rings. The van der Waals surface area contributed by atoms with Crippen LogP contribution in [-0.2, 0) is 4.74 Å². The molecule has 18 heavy (non-hydrogen) atoms. The molecular formula is C13H17F2NO2. The van der Waals surface area contributed by atoms with Gasteiger partial charge in [0.2, 0.25) is 0 Å². The molecule has 0 saturated heterocycles. The normalized spacial score (nSPS) is 12.3. The molecule has 0 heterocycles. The molecule has 1 rings (SSSR count). The summed E-state index contributed by atoms with van der Waals surface area (Å²) in [5.74, 6) is -1.47. The largest absolute Gasteiger partial charge is 0.383 e. The quantitative estimate of drug-likeness (QED) is 0.734. The molecule has 0 aromatic heterocycles. The molecule has 100 valence electrons. The van der Waals surface area contributed by atoms with E-state index in [-0.39, 0.29) is 17.3 Å². The zero-order valence-electron chi connectivity index (χ0n) is 10.7. The monoisotopic (exact) mass is 257 g/mol. The first-order valence-electron chi connectivity index (χ1n) is 5.74. The van der Waals surface area contributed by atoms with Crippen LogP contribution >= 0.6 is 0 Å². The van der Waals surface area contributed by atoms with Crippen LogP contribution in [0.4, 0.5) is 14.5 Å². The van der Waals surface area contributed by atoms with Gasteiger partial charge in [-0.05, 0) is 26.0 Å². The molecule has 1 aromatic rings. The smallest absolute Gasteiger partial charge is 0.150 e. The van der Waals surface area contributed by atoms with Crippen LogP contribution in [0.2, 0.25) is 0 Å². The molecule has 1 unspecified atom stereocenters. The third kappa shape index (κ3) is 3.04. The van der Waals surface area contributed by atoms with Crippen molar-refractivity contribution in [3.05, 3.63) is 29.3 Å². The number of carbonyl (C=O) groups is 1. The Kier molecular flexibility index (Phi) is 5.22. The number of methoxy groups -OCH3 is 1. The van der Waals surface area contributed by atoms with Crippen molar-refractivity contribution >= 4 is 12.0 Å². The van der Waals surface area contributed by atoms with Gasteiger partial charge in [0.25, 0.3) is 0 Å². The number of hydrogen-bond acceptors (Lipinski definition) is 3. The Morgan fingerprint density at radius 2 is 1.94 bits per heavy atom. The summed E-state index contributed by atoms with van der Waals surface area (Å²) in [5, 5.41) is 0. The Labute approximate surface area is 105 Å². The lowest BCUT2D eigenvalue weighted by molar-refractivity contribution is 0.112. The molecule has 0 aliphatic heterocycles. The maximum absolute atomic E-state index is 13.9. The van der Waals surface area contributed by atoms with E-state index in [9.17, 15) is 13.6 Å². The van der Waals surface area contributed by atoms with Crippen LogP contribution in [0.3, 0.4) is 0 Å². The second kappa shape index (κ2) is 6.44. The molecule has 0 aliphatic rings. The minimum absolute atomic E-state index is 0.0100. The van der Waals surface area contributed by atoms with Crippen LogP contribution in [-0.4, -0.2) is 32.6 Å². The molecule has 1 aromatic carbocycles. The summed E-state index contributed by atoms with van der Waals surface area (Å²) in [6, 6.07) is 1.91. The molecule has 0 aliphatic carbocycles. The van der Waals surface area contributed by atoms with Gasteiger partial charge in [0, 0.05) is 25.3 Å². The Morgan fingerprint density at radius 1 is 1.39 bits per heavy atom. The van der Waals surface area contributed by atoms with E-state index in [1.165, 1.54) is 7.11 Å². The van der Waals surface area contributed by atoms with Gasteiger partial charge in [-0.25, -0.2) is 8.78 Å². The first-order valence-corrected chi connectivity index (χ1v) is 5.74. The van der Waals surface area contributed by atoms with Gasteiger partial charge < -0.3 is 9.64 Å². The SMILES string of the molecule is CCN(c1c(F)cc(C=O)cc1F)C(C)COC. The number of ether oxygens (including phenoxy) is 1. The molecule has 1 atom stereocenters. The van der Waals surface area contributed by atoms with Crippen molar-refractivity contribution in [2.75, 3.05) is 25.2 Å². The van der Waals surface area contributed by atoms with E-state index in [0.29, 0.717) is 19.4 Å². The highest BCUT2D eigenvalue weighted by molar-refractivity contribution is 5.76. The first-order chi connectivity index (χ1) is 8.54. The molecule has 3 nitrogen and oxygen atoms in total. The number of benzene rings is 1. The Bertz CT molecular complexity index is 400. The summed E-state index contributed by atoms with van der Waals surface area (Å²) in [6.45, 7) is 4.43. The van der Waals surface area contributed by atoms with Gasteiger partial charge in [0.05, 0.1) is 6.61 Å². The zero-order chi connectivity index (χ0) is 13.7. The Morgan fingerprint density at radius 3 is 2.33 bits per heavy atom. The minimum Gasteiger partial charge on any atom is -0.383 e. The number of carbonyl (C=O) groups excluding carboxylic acids is 1. The lowest BCUT2D eigenvalue weighted by Crippen LogP contribution is -2.37. The number of aldehydes is 1. The van der Waals surface area contributed by atoms with E-state index in [1.807, 2.05) is 6.92 Å². The van der Waals surface area contributed by atoms with Gasteiger partial charge in [-0.3, -0.25) is 4.79 Å². The fraction of sp³-hybridized carbons (Fsp3) is 0.462. The third-order valence-corrected chi connectivity index (χ3v) is 2.74. The molecule has 0 amide bonds. The Balaban J connectivity index is 3.17. The second-order valence-electron chi connectivity index (χ2n) is 4.04. The van der Waals surface area contributed by atoms with Crippen LogP contribution in [0.25, 0.3) is 0 Å². The zero-order valence-corrected chi connectivity index (χ0v) is 10.7. The average molecular weight is 257 g/mol. The molecule has 0 N–H and O–H groups in total. The van der Waals surface area contributed by atoms with Crippen molar-refractivity contribution in [2.45, 2.75) is 19.9 Å². The maximum Gasteiger partial charge on any atom is 0.150 e. The number of hydrogen-bond donors (Lipinski definition) is 0. The highest BCUT2D eigenvalue weighted by Gasteiger charge is 2.21. The third-order valence-electron chi connectivity index (χ3n) is 2.74. The van der Waals surface area contributed by atoms with Gasteiger partial charge in [-0.15, -0.1) is 0 Å². The maximum atomic E-state index is 13.9. The summed E-state index contributed by atoms with van der Waals surface area (Å²) in [5.41, 5.74) is -0.128. The fourth-order valence-electron chi connectivity index (χ4n) is 1.95. The van der Waals surface area contributed by atoms with Crippen LogP contribution in [0, 0.1) is 11.6 Å². The predicted molar refractivity (Wildman–Crippen MR) is 66.1 cm³/mol. The summed E-state index contributed by atoms with van der Waals surface area (Å²) in [4.78, 5) is 12.1. The molecule has 0 radical (unpaired) electrons. The number of rotatable bonds is 6. The van der Waals surface area contributed by atoms with Crippen LogP contribution < -0.4 is 4.90 Å². The first kappa shape index (κ1) is 14.6. The highest BCUT2D eigenvalue weighted by atomic mass is 19.1. The summed E-state index contributed by atoms with van der Waals surface area (Å²) < 4.78 is 32.7. The summed E-state index contributed by atoms with van der Waals surface area (Å²) in [7, 11) is 1.53. The van der Waals surface area contributed by atoms with E-state index in [2.05, 4.69) is 0 Å². The van der Waals surface area contributed by atoms with Crippen LogP contribution in [0.15, 0.2) is 12.1 Å². The lowest BCUT2D eigenvalue weighted by Gasteiger charge is -2.30. The van der Waals surface area contributed by atoms with Crippen LogP contribution in [0.5, 0.6) is 0 Å². The van der Waals surface area contributed by atoms with Crippen LogP contribution in [0.1, 0.15) is 24.2 Å². The fourth-order valence-corrected chi connectivity index (χ4v) is 1.95. The summed E-state index contributed by atoms with van der Waals surface area (Å²) in [6.07, 6.45) is 0.421. The van der Waals surface area contributed by atoms with Gasteiger partial charge in [0.15, 0.2) is 0 Å². The Hall–Kier alpha value is -1.49. The molecule has 0 spiro atoms. The predicted octanol–water partition coefficient (Wildman–Crippen LogP) is 2.64. The van der Waals surface area contributed by atoms with Gasteiger partial charge in [-0.1, -0.05) is 0 Å². The minimum atomic E-state index is -0.734. The second-order valence-corrected chi connectivity index (χ2v) is 4.04. The number of halogens is 2. The van der Waals surface area contributed by atoms with Crippen molar-refractivity contribution < 1.29 is 18.3 Å².